The van der Waals surface area contributed by atoms with Crippen molar-refractivity contribution < 1.29 is 9.53 Å². The molecule has 0 aliphatic carbocycles. The molecule has 4 rings (SSSR count). The first-order valence-electron chi connectivity index (χ1n) is 9.35. The highest BCUT2D eigenvalue weighted by Crippen LogP contribution is 2.29. The Kier molecular flexibility index (Phi) is 5.62. The molecule has 1 aliphatic heterocycles. The number of amides is 1. The summed E-state index contributed by atoms with van der Waals surface area (Å²) in [5.74, 6) is 0.836. The van der Waals surface area contributed by atoms with E-state index < -0.39 is 0 Å². The summed E-state index contributed by atoms with van der Waals surface area (Å²) in [5.41, 5.74) is 2.01. The summed E-state index contributed by atoms with van der Waals surface area (Å²) in [6.45, 7) is 2.35. The van der Waals surface area contributed by atoms with Crippen LogP contribution in [0, 0.1) is 0 Å². The Morgan fingerprint density at radius 3 is 2.62 bits per heavy atom. The van der Waals surface area contributed by atoms with Crippen molar-refractivity contribution in [2.75, 3.05) is 7.11 Å². The molecule has 1 atom stereocenters. The molecule has 0 spiro atoms. The van der Waals surface area contributed by atoms with Crippen LogP contribution in [0.15, 0.2) is 76.9 Å². The summed E-state index contributed by atoms with van der Waals surface area (Å²) in [7, 11) is 1.63. The number of benzene rings is 3. The van der Waals surface area contributed by atoms with Gasteiger partial charge in [0.2, 0.25) is 5.91 Å². The lowest BCUT2D eigenvalue weighted by Gasteiger charge is -2.15. The number of carbonyl (C=O) groups excluding carboxylic acids is 1. The molecule has 1 fully saturated rings. The Bertz CT molecular complexity index is 1090. The topological polar surface area (TPSA) is 54.3 Å². The van der Waals surface area contributed by atoms with E-state index >= 15 is 0 Å². The van der Waals surface area contributed by atoms with Crippen molar-refractivity contribution in [1.82, 2.24) is 4.90 Å². The van der Waals surface area contributed by atoms with Crippen LogP contribution < -0.4 is 4.74 Å². The van der Waals surface area contributed by atoms with E-state index in [1.165, 1.54) is 11.8 Å². The van der Waals surface area contributed by atoms with Crippen LogP contribution in [0.3, 0.4) is 0 Å². The largest absolute Gasteiger partial charge is 0.497 e. The van der Waals surface area contributed by atoms with Crippen molar-refractivity contribution in [3.63, 3.8) is 0 Å². The van der Waals surface area contributed by atoms with Gasteiger partial charge in [-0.3, -0.25) is 9.69 Å². The summed E-state index contributed by atoms with van der Waals surface area (Å²) >= 11 is 1.44. The van der Waals surface area contributed by atoms with Gasteiger partial charge in [0.1, 0.15) is 5.75 Å². The number of rotatable bonds is 5. The molecule has 3 aromatic rings. The average Bonchev–Trinajstić information content (AvgIpc) is 3.02. The molecule has 0 saturated carbocycles. The minimum atomic E-state index is -0.167. The first-order chi connectivity index (χ1) is 14.2. The molecular weight excluding hydrogens is 382 g/mol. The maximum Gasteiger partial charge on any atom is 0.242 e. The predicted molar refractivity (Wildman–Crippen MR) is 120 cm³/mol. The zero-order chi connectivity index (χ0) is 20.2. The van der Waals surface area contributed by atoms with Crippen LogP contribution in [-0.2, 0) is 11.3 Å². The second-order valence-corrected chi connectivity index (χ2v) is 8.04. The molecule has 0 radical (unpaired) electrons. The number of carbonyl (C=O) groups is 1. The Balaban J connectivity index is 1.57. The van der Waals surface area contributed by atoms with Gasteiger partial charge in [-0.2, -0.15) is 5.10 Å². The van der Waals surface area contributed by atoms with Crippen molar-refractivity contribution >= 4 is 39.8 Å². The van der Waals surface area contributed by atoms with Crippen LogP contribution in [0.5, 0.6) is 5.75 Å². The first kappa shape index (κ1) is 19.2. The summed E-state index contributed by atoms with van der Waals surface area (Å²) in [5, 5.41) is 11.4. The molecule has 0 aromatic heterocycles. The van der Waals surface area contributed by atoms with Gasteiger partial charge in [-0.15, -0.1) is 5.10 Å². The van der Waals surface area contributed by atoms with Crippen LogP contribution in [0.25, 0.3) is 10.8 Å². The van der Waals surface area contributed by atoms with Crippen molar-refractivity contribution in [3.8, 4) is 5.75 Å². The number of amidine groups is 1. The van der Waals surface area contributed by atoms with E-state index in [4.69, 9.17) is 4.74 Å². The summed E-state index contributed by atoms with van der Waals surface area (Å²) < 4.78 is 5.20. The molecule has 1 saturated heterocycles. The number of methoxy groups -OCH3 is 1. The fourth-order valence-corrected chi connectivity index (χ4v) is 4.15. The van der Waals surface area contributed by atoms with Gasteiger partial charge in [-0.1, -0.05) is 66.4 Å². The third-order valence-corrected chi connectivity index (χ3v) is 5.86. The number of nitrogens with zero attached hydrogens (tertiary/aromatic N) is 3. The smallest absolute Gasteiger partial charge is 0.242 e. The maximum atomic E-state index is 12.6. The van der Waals surface area contributed by atoms with Gasteiger partial charge in [0.05, 0.1) is 25.1 Å². The quantitative estimate of drug-likeness (QED) is 0.458. The molecule has 146 valence electrons. The van der Waals surface area contributed by atoms with Crippen LogP contribution in [0.1, 0.15) is 18.1 Å². The van der Waals surface area contributed by atoms with Gasteiger partial charge in [0, 0.05) is 5.56 Å². The Morgan fingerprint density at radius 2 is 1.83 bits per heavy atom. The molecule has 0 bridgehead atoms. The van der Waals surface area contributed by atoms with Gasteiger partial charge in [-0.05, 0) is 35.4 Å². The van der Waals surface area contributed by atoms with E-state index in [0.29, 0.717) is 11.7 Å². The van der Waals surface area contributed by atoms with Gasteiger partial charge < -0.3 is 4.74 Å². The molecular formula is C23H21N3O2S. The summed E-state index contributed by atoms with van der Waals surface area (Å²) in [6, 6.07) is 21.9. The highest BCUT2D eigenvalue weighted by atomic mass is 32.2. The van der Waals surface area contributed by atoms with Crippen LogP contribution >= 0.6 is 11.8 Å². The Morgan fingerprint density at radius 1 is 1.07 bits per heavy atom. The van der Waals surface area contributed by atoms with Crippen molar-refractivity contribution in [2.45, 2.75) is 18.7 Å². The molecule has 3 aromatic carbocycles. The van der Waals surface area contributed by atoms with Crippen molar-refractivity contribution in [1.29, 1.82) is 0 Å². The molecule has 1 amide bonds. The molecule has 1 aliphatic rings. The lowest BCUT2D eigenvalue weighted by atomic mass is 10.1. The van der Waals surface area contributed by atoms with E-state index in [-0.39, 0.29) is 11.2 Å². The average molecular weight is 404 g/mol. The van der Waals surface area contributed by atoms with Gasteiger partial charge in [-0.25, -0.2) is 0 Å². The van der Waals surface area contributed by atoms with Gasteiger partial charge in [0.25, 0.3) is 0 Å². The predicted octanol–water partition coefficient (Wildman–Crippen LogP) is 4.70. The SMILES string of the molecule is COc1ccc(CN2C(=O)[C@@H](C)S/C2=N\N=C/c2cccc3ccccc23)cc1. The number of fused-ring (bicyclic) bond motifs is 1. The van der Waals surface area contributed by atoms with Crippen LogP contribution in [0.4, 0.5) is 0 Å². The molecule has 5 nitrogen and oxygen atoms in total. The summed E-state index contributed by atoms with van der Waals surface area (Å²) in [4.78, 5) is 14.3. The zero-order valence-electron chi connectivity index (χ0n) is 16.3. The second kappa shape index (κ2) is 8.49. The Hall–Kier alpha value is -3.12. The van der Waals surface area contributed by atoms with E-state index in [9.17, 15) is 4.79 Å². The van der Waals surface area contributed by atoms with E-state index in [2.05, 4.69) is 28.4 Å². The van der Waals surface area contributed by atoms with E-state index in [1.807, 2.05) is 55.5 Å². The number of hydrogen-bond acceptors (Lipinski definition) is 5. The molecule has 0 N–H and O–H groups in total. The van der Waals surface area contributed by atoms with E-state index in [0.717, 1.165) is 27.6 Å². The number of hydrogen-bond donors (Lipinski definition) is 0. The molecule has 6 heteroatoms. The fraction of sp³-hybridized carbons (Fsp3) is 0.174. The molecule has 29 heavy (non-hydrogen) atoms. The second-order valence-electron chi connectivity index (χ2n) is 6.73. The number of ether oxygens (including phenoxy) is 1. The van der Waals surface area contributed by atoms with Crippen molar-refractivity contribution in [2.24, 2.45) is 10.2 Å². The molecule has 1 heterocycles. The van der Waals surface area contributed by atoms with E-state index in [1.54, 1.807) is 18.2 Å². The first-order valence-corrected chi connectivity index (χ1v) is 10.2. The lowest BCUT2D eigenvalue weighted by Crippen LogP contribution is -2.30. The van der Waals surface area contributed by atoms with Crippen molar-refractivity contribution in [3.05, 3.63) is 77.9 Å². The highest BCUT2D eigenvalue weighted by Gasteiger charge is 2.35. The number of thioether (sulfide) groups is 1. The van der Waals surface area contributed by atoms with Crippen LogP contribution in [-0.4, -0.2) is 34.5 Å². The third kappa shape index (κ3) is 4.17. The lowest BCUT2D eigenvalue weighted by molar-refractivity contribution is -0.126. The zero-order valence-corrected chi connectivity index (χ0v) is 17.1. The monoisotopic (exact) mass is 403 g/mol. The Labute approximate surface area is 174 Å². The minimum absolute atomic E-state index is 0.0462. The fourth-order valence-electron chi connectivity index (χ4n) is 3.23. The summed E-state index contributed by atoms with van der Waals surface area (Å²) in [6.07, 6.45) is 1.74. The van der Waals surface area contributed by atoms with Crippen LogP contribution in [0.2, 0.25) is 0 Å². The normalized spacial score (nSPS) is 18.3. The minimum Gasteiger partial charge on any atom is -0.497 e. The maximum absolute atomic E-state index is 12.6. The highest BCUT2D eigenvalue weighted by molar-refractivity contribution is 8.15. The third-order valence-electron chi connectivity index (χ3n) is 4.79. The van der Waals surface area contributed by atoms with Gasteiger partial charge in [0.15, 0.2) is 5.17 Å². The molecule has 0 unspecified atom stereocenters. The van der Waals surface area contributed by atoms with Gasteiger partial charge >= 0.3 is 0 Å². The standard InChI is InChI=1S/C23H21N3O2S/c1-16-22(27)26(15-17-10-12-20(28-2)13-11-17)23(29-16)25-24-14-19-8-5-7-18-6-3-4-9-21(18)19/h3-14,16H,15H2,1-2H3/b24-14-,25-23-/t16-/m1/s1.